The van der Waals surface area contributed by atoms with Crippen LogP contribution in [0.25, 0.3) is 5.57 Å². The highest BCUT2D eigenvalue weighted by molar-refractivity contribution is 9.10. The molecule has 1 nitrogen and oxygen atoms in total. The molecule has 0 saturated heterocycles. The zero-order valence-corrected chi connectivity index (χ0v) is 18.2. The average Bonchev–Trinajstić information content (AvgIpc) is 2.50. The Morgan fingerprint density at radius 2 is 1.46 bits per heavy atom. The summed E-state index contributed by atoms with van der Waals surface area (Å²) >= 11 is 9.78. The van der Waals surface area contributed by atoms with Crippen LogP contribution in [0.15, 0.2) is 52.5 Å². The molecule has 1 aliphatic rings. The number of phenolic OH excluding ortho intramolecular Hbond substituents is 1. The molecule has 0 heterocycles. The summed E-state index contributed by atoms with van der Waals surface area (Å²) in [4.78, 5) is 0. The zero-order chi connectivity index (χ0) is 19.1. The van der Waals surface area contributed by atoms with Crippen molar-refractivity contribution >= 4 is 33.1 Å². The molecule has 0 bridgehead atoms. The summed E-state index contributed by atoms with van der Waals surface area (Å²) < 4.78 is 1.07. The molecule has 3 rings (SSSR count). The van der Waals surface area contributed by atoms with E-state index in [-0.39, 0.29) is 16.6 Å². The van der Waals surface area contributed by atoms with Gasteiger partial charge in [-0.15, -0.1) is 0 Å². The van der Waals surface area contributed by atoms with Gasteiger partial charge < -0.3 is 5.11 Å². The Morgan fingerprint density at radius 3 is 2.00 bits per heavy atom. The average molecular weight is 434 g/mol. The van der Waals surface area contributed by atoms with Crippen molar-refractivity contribution in [3.8, 4) is 5.75 Å². The van der Waals surface area contributed by atoms with Gasteiger partial charge in [-0.3, -0.25) is 0 Å². The number of rotatable bonds is 2. The van der Waals surface area contributed by atoms with Crippen LogP contribution in [0.2, 0.25) is 5.02 Å². The van der Waals surface area contributed by atoms with Crippen LogP contribution in [0, 0.1) is 10.8 Å². The molecular weight excluding hydrogens is 408 g/mol. The first-order valence-corrected chi connectivity index (χ1v) is 10.2. The summed E-state index contributed by atoms with van der Waals surface area (Å²) in [6, 6.07) is 14.0. The van der Waals surface area contributed by atoms with E-state index >= 15 is 0 Å². The van der Waals surface area contributed by atoms with Gasteiger partial charge in [-0.1, -0.05) is 79.0 Å². The second-order valence-electron chi connectivity index (χ2n) is 9.01. The smallest absolute Gasteiger partial charge is 0.134 e. The van der Waals surface area contributed by atoms with Crippen molar-refractivity contribution in [1.29, 1.82) is 0 Å². The summed E-state index contributed by atoms with van der Waals surface area (Å²) in [5.41, 5.74) is 5.50. The van der Waals surface area contributed by atoms with Crippen LogP contribution < -0.4 is 0 Å². The molecule has 1 fully saturated rings. The third kappa shape index (κ3) is 4.35. The molecule has 26 heavy (non-hydrogen) atoms. The number of halogens is 2. The quantitative estimate of drug-likeness (QED) is 0.511. The highest BCUT2D eigenvalue weighted by atomic mass is 79.9. The van der Waals surface area contributed by atoms with Crippen molar-refractivity contribution in [3.05, 3.63) is 68.7 Å². The van der Waals surface area contributed by atoms with Crippen molar-refractivity contribution in [1.82, 2.24) is 0 Å². The fourth-order valence-electron chi connectivity index (χ4n) is 4.67. The summed E-state index contributed by atoms with van der Waals surface area (Å²) in [6.07, 6.45) is 3.36. The Labute approximate surface area is 170 Å². The monoisotopic (exact) mass is 432 g/mol. The van der Waals surface area contributed by atoms with Crippen LogP contribution in [0.5, 0.6) is 5.75 Å². The second-order valence-corrected chi connectivity index (χ2v) is 10.3. The van der Waals surface area contributed by atoms with Gasteiger partial charge in [0.25, 0.3) is 0 Å². The van der Waals surface area contributed by atoms with Gasteiger partial charge in [0.2, 0.25) is 0 Å². The fourth-order valence-corrected chi connectivity index (χ4v) is 5.11. The number of hydrogen-bond donors (Lipinski definition) is 1. The largest absolute Gasteiger partial charge is 0.506 e. The van der Waals surface area contributed by atoms with E-state index in [4.69, 9.17) is 11.6 Å². The zero-order valence-electron chi connectivity index (χ0n) is 15.9. The van der Waals surface area contributed by atoms with Crippen LogP contribution in [-0.2, 0) is 0 Å². The minimum absolute atomic E-state index is 0.125. The first-order chi connectivity index (χ1) is 12.1. The number of aromatic hydroxyl groups is 1. The Bertz CT molecular complexity index is 829. The summed E-state index contributed by atoms with van der Waals surface area (Å²) in [5, 5.41) is 10.3. The second kappa shape index (κ2) is 7.05. The van der Waals surface area contributed by atoms with Crippen molar-refractivity contribution in [2.45, 2.75) is 47.0 Å². The van der Waals surface area contributed by atoms with Crippen molar-refractivity contribution in [3.63, 3.8) is 0 Å². The van der Waals surface area contributed by atoms with Gasteiger partial charge in [-0.25, -0.2) is 0 Å². The number of allylic oxidation sites excluding steroid dienone is 1. The van der Waals surface area contributed by atoms with Crippen LogP contribution in [-0.4, -0.2) is 5.11 Å². The molecule has 1 N–H and O–H groups in total. The normalized spacial score (nSPS) is 18.6. The molecule has 0 amide bonds. The number of phenols is 1. The Morgan fingerprint density at radius 1 is 0.923 bits per heavy atom. The molecular formula is C23H26BrClO. The van der Waals surface area contributed by atoms with Gasteiger partial charge in [-0.05, 0) is 71.1 Å². The van der Waals surface area contributed by atoms with Crippen molar-refractivity contribution in [2.75, 3.05) is 0 Å². The van der Waals surface area contributed by atoms with Gasteiger partial charge in [0, 0.05) is 4.47 Å². The molecule has 0 spiro atoms. The van der Waals surface area contributed by atoms with Crippen molar-refractivity contribution < 1.29 is 5.11 Å². The van der Waals surface area contributed by atoms with Crippen LogP contribution in [0.1, 0.15) is 58.1 Å². The fraction of sp³-hybridized carbons (Fsp3) is 0.391. The lowest BCUT2D eigenvalue weighted by Crippen LogP contribution is -2.30. The third-order valence-electron chi connectivity index (χ3n) is 5.06. The standard InChI is InChI=1S/C23H26BrClO/c1-22(2)12-17(13-23(3,4)14-22)21(15-5-8-18(24)9-6-15)16-7-10-20(26)19(25)11-16/h5-11,26H,12-14H2,1-4H3. The molecule has 2 aromatic carbocycles. The molecule has 1 saturated carbocycles. The molecule has 0 radical (unpaired) electrons. The predicted molar refractivity (Wildman–Crippen MR) is 115 cm³/mol. The molecule has 2 aromatic rings. The van der Waals surface area contributed by atoms with E-state index < -0.39 is 0 Å². The molecule has 0 aliphatic heterocycles. The van der Waals surface area contributed by atoms with Gasteiger partial charge in [0.05, 0.1) is 5.02 Å². The molecule has 0 aromatic heterocycles. The lowest BCUT2D eigenvalue weighted by molar-refractivity contribution is 0.154. The summed E-state index contributed by atoms with van der Waals surface area (Å²) in [5.74, 6) is 0.125. The van der Waals surface area contributed by atoms with E-state index in [1.807, 2.05) is 12.1 Å². The Balaban J connectivity index is 2.22. The van der Waals surface area contributed by atoms with E-state index in [9.17, 15) is 5.11 Å². The molecule has 0 unspecified atom stereocenters. The van der Waals surface area contributed by atoms with E-state index in [2.05, 4.69) is 67.9 Å². The first-order valence-electron chi connectivity index (χ1n) is 9.03. The Hall–Kier alpha value is -1.25. The van der Waals surface area contributed by atoms with E-state index in [0.29, 0.717) is 5.02 Å². The minimum atomic E-state index is 0.125. The minimum Gasteiger partial charge on any atom is -0.506 e. The molecule has 138 valence electrons. The maximum atomic E-state index is 9.85. The maximum absolute atomic E-state index is 9.85. The van der Waals surface area contributed by atoms with Gasteiger partial charge in [0.1, 0.15) is 5.75 Å². The number of hydrogen-bond acceptors (Lipinski definition) is 1. The summed E-state index contributed by atoms with van der Waals surface area (Å²) in [6.45, 7) is 9.43. The van der Waals surface area contributed by atoms with Gasteiger partial charge >= 0.3 is 0 Å². The van der Waals surface area contributed by atoms with E-state index in [1.165, 1.54) is 23.1 Å². The van der Waals surface area contributed by atoms with Gasteiger partial charge in [-0.2, -0.15) is 0 Å². The molecule has 3 heteroatoms. The lowest BCUT2D eigenvalue weighted by atomic mass is 9.62. The first kappa shape index (κ1) is 19.5. The van der Waals surface area contributed by atoms with Crippen LogP contribution in [0.3, 0.4) is 0 Å². The third-order valence-corrected chi connectivity index (χ3v) is 5.90. The summed E-state index contributed by atoms with van der Waals surface area (Å²) in [7, 11) is 0. The van der Waals surface area contributed by atoms with E-state index in [0.717, 1.165) is 22.9 Å². The lowest BCUT2D eigenvalue weighted by Gasteiger charge is -2.43. The predicted octanol–water partition coefficient (Wildman–Crippen LogP) is 7.85. The van der Waals surface area contributed by atoms with Crippen LogP contribution in [0.4, 0.5) is 0 Å². The SMILES string of the molecule is CC1(C)CC(=C(c2ccc(Br)cc2)c2ccc(O)c(Cl)c2)CC(C)(C)C1. The van der Waals surface area contributed by atoms with Gasteiger partial charge in [0.15, 0.2) is 0 Å². The molecule has 1 aliphatic carbocycles. The topological polar surface area (TPSA) is 20.2 Å². The highest BCUT2D eigenvalue weighted by Gasteiger charge is 2.37. The highest BCUT2D eigenvalue weighted by Crippen LogP contribution is 2.51. The van der Waals surface area contributed by atoms with Crippen molar-refractivity contribution in [2.24, 2.45) is 10.8 Å². The number of benzene rings is 2. The Kier molecular flexibility index (Phi) is 5.29. The van der Waals surface area contributed by atoms with Crippen LogP contribution >= 0.6 is 27.5 Å². The molecule has 0 atom stereocenters. The maximum Gasteiger partial charge on any atom is 0.134 e. The van der Waals surface area contributed by atoms with E-state index in [1.54, 1.807) is 6.07 Å².